The molecule has 0 aromatic rings. The van der Waals surface area contributed by atoms with Gasteiger partial charge in [0.25, 0.3) is 0 Å². The first-order chi connectivity index (χ1) is 10.9. The Bertz CT molecular complexity index is 431. The lowest BCUT2D eigenvalue weighted by atomic mass is 9.58. The summed E-state index contributed by atoms with van der Waals surface area (Å²) in [7, 11) is 0. The van der Waals surface area contributed by atoms with Crippen LogP contribution in [0.2, 0.25) is 0 Å². The van der Waals surface area contributed by atoms with Gasteiger partial charge in [0.15, 0.2) is 0 Å². The summed E-state index contributed by atoms with van der Waals surface area (Å²) in [5.74, 6) is 4.29. The van der Waals surface area contributed by atoms with Crippen LogP contribution in [0.3, 0.4) is 0 Å². The molecule has 5 rings (SSSR count). The van der Waals surface area contributed by atoms with Crippen LogP contribution in [0.4, 0.5) is 0 Å². The first-order valence-electron chi connectivity index (χ1n) is 10.2. The lowest BCUT2D eigenvalue weighted by molar-refractivity contribution is -0.209. The lowest BCUT2D eigenvalue weighted by Crippen LogP contribution is -2.58. The Morgan fingerprint density at radius 2 is 1.45 bits per heavy atom. The van der Waals surface area contributed by atoms with Crippen LogP contribution in [0.1, 0.15) is 77.0 Å². The maximum Gasteiger partial charge on any atom is 0.0922 e. The van der Waals surface area contributed by atoms with Gasteiger partial charge in [-0.3, -0.25) is 0 Å². The Labute approximate surface area is 135 Å². The van der Waals surface area contributed by atoms with Crippen LogP contribution in [0, 0.1) is 29.6 Å². The van der Waals surface area contributed by atoms with Gasteiger partial charge in [-0.2, -0.15) is 0 Å². The molecule has 1 heteroatoms. The van der Waals surface area contributed by atoms with E-state index in [1.54, 1.807) is 0 Å². The van der Waals surface area contributed by atoms with Crippen molar-refractivity contribution < 1.29 is 4.74 Å². The molecular formula is C21H32O. The van der Waals surface area contributed by atoms with Crippen molar-refractivity contribution in [3.8, 4) is 0 Å². The third-order valence-electron chi connectivity index (χ3n) is 8.11. The number of ether oxygens (including phenoxy) is 1. The van der Waals surface area contributed by atoms with Crippen molar-refractivity contribution in [2.45, 2.75) is 88.8 Å². The first kappa shape index (κ1) is 14.1. The summed E-state index contributed by atoms with van der Waals surface area (Å²) in [6.45, 7) is 0. The van der Waals surface area contributed by atoms with Crippen molar-refractivity contribution in [1.29, 1.82) is 0 Å². The molecule has 22 heavy (non-hydrogen) atoms. The second-order valence-electron chi connectivity index (χ2n) is 9.00. The van der Waals surface area contributed by atoms with Crippen LogP contribution in [0.25, 0.3) is 0 Å². The van der Waals surface area contributed by atoms with Crippen LogP contribution in [0.5, 0.6) is 0 Å². The molecule has 4 fully saturated rings. The maximum atomic E-state index is 7.17. The molecule has 0 amide bonds. The standard InChI is InChI=1S/C21H32O/c1-2-10-19-15(5-1)11-12-16-13-14-21(22-20(16)19)17-6-3-7-18(21)9-4-8-17/h13-20H,1-12H2. The number of fused-ring (bicyclic) bond motifs is 3. The molecule has 4 atom stereocenters. The van der Waals surface area contributed by atoms with Crippen molar-refractivity contribution >= 4 is 0 Å². The lowest BCUT2D eigenvalue weighted by Gasteiger charge is -2.58. The van der Waals surface area contributed by atoms with Gasteiger partial charge in [-0.1, -0.05) is 44.3 Å². The minimum atomic E-state index is 0.164. The highest BCUT2D eigenvalue weighted by atomic mass is 16.5. The predicted octanol–water partition coefficient (Wildman–Crippen LogP) is 5.50. The zero-order valence-corrected chi connectivity index (χ0v) is 14.0. The van der Waals surface area contributed by atoms with E-state index < -0.39 is 0 Å². The minimum Gasteiger partial charge on any atom is -0.366 e. The fourth-order valence-electron chi connectivity index (χ4n) is 7.06. The summed E-state index contributed by atoms with van der Waals surface area (Å²) in [5, 5.41) is 0. The first-order valence-corrected chi connectivity index (χ1v) is 10.2. The summed E-state index contributed by atoms with van der Waals surface area (Å²) in [6, 6.07) is 0. The quantitative estimate of drug-likeness (QED) is 0.537. The van der Waals surface area contributed by atoms with Gasteiger partial charge < -0.3 is 4.74 Å². The molecule has 0 N–H and O–H groups in total. The zero-order chi connectivity index (χ0) is 14.6. The highest BCUT2D eigenvalue weighted by Crippen LogP contribution is 2.56. The molecule has 1 heterocycles. The second kappa shape index (κ2) is 5.36. The van der Waals surface area contributed by atoms with E-state index in [-0.39, 0.29) is 5.60 Å². The average molecular weight is 300 g/mol. The van der Waals surface area contributed by atoms with E-state index >= 15 is 0 Å². The summed E-state index contributed by atoms with van der Waals surface area (Å²) < 4.78 is 7.17. The molecule has 2 bridgehead atoms. The van der Waals surface area contributed by atoms with Crippen LogP contribution >= 0.6 is 0 Å². The van der Waals surface area contributed by atoms with E-state index in [0.717, 1.165) is 29.6 Å². The van der Waals surface area contributed by atoms with Crippen LogP contribution in [-0.2, 0) is 4.74 Å². The fraction of sp³-hybridized carbons (Fsp3) is 0.905. The van der Waals surface area contributed by atoms with Gasteiger partial charge in [0.1, 0.15) is 0 Å². The van der Waals surface area contributed by atoms with E-state index in [1.807, 2.05) is 0 Å². The van der Waals surface area contributed by atoms with E-state index in [4.69, 9.17) is 4.74 Å². The number of hydrogen-bond acceptors (Lipinski definition) is 1. The number of rotatable bonds is 0. The Kier molecular flexibility index (Phi) is 3.43. The predicted molar refractivity (Wildman–Crippen MR) is 89.6 cm³/mol. The van der Waals surface area contributed by atoms with Gasteiger partial charge in [-0.05, 0) is 68.6 Å². The van der Waals surface area contributed by atoms with Crippen LogP contribution in [-0.4, -0.2) is 11.7 Å². The second-order valence-corrected chi connectivity index (χ2v) is 9.00. The highest BCUT2D eigenvalue weighted by Gasteiger charge is 2.54. The third-order valence-corrected chi connectivity index (χ3v) is 8.11. The topological polar surface area (TPSA) is 9.23 Å². The molecule has 122 valence electrons. The fourth-order valence-corrected chi connectivity index (χ4v) is 7.06. The SMILES string of the molecule is C1=CC2(OC3C1CCC1CCCCC13)C1CCCC2CCC1. The van der Waals surface area contributed by atoms with E-state index in [9.17, 15) is 0 Å². The molecule has 5 aliphatic rings. The van der Waals surface area contributed by atoms with Gasteiger partial charge in [0.2, 0.25) is 0 Å². The zero-order valence-electron chi connectivity index (χ0n) is 14.0. The summed E-state index contributed by atoms with van der Waals surface area (Å²) in [5.41, 5.74) is 0.164. The Morgan fingerprint density at radius 3 is 2.23 bits per heavy atom. The molecule has 4 unspecified atom stereocenters. The highest BCUT2D eigenvalue weighted by molar-refractivity contribution is 5.19. The normalized spacial score (nSPS) is 53.8. The molecule has 4 aliphatic carbocycles. The average Bonchev–Trinajstić information content (AvgIpc) is 2.54. The van der Waals surface area contributed by atoms with Crippen molar-refractivity contribution in [3.05, 3.63) is 12.2 Å². The summed E-state index contributed by atoms with van der Waals surface area (Å²) >= 11 is 0. The monoisotopic (exact) mass is 300 g/mol. The van der Waals surface area contributed by atoms with E-state index in [2.05, 4.69) is 12.2 Å². The smallest absolute Gasteiger partial charge is 0.0922 e. The number of hydrogen-bond donors (Lipinski definition) is 0. The molecule has 0 aromatic carbocycles. The Hall–Kier alpha value is -0.300. The maximum absolute atomic E-state index is 7.17. The molecule has 0 saturated heterocycles. The van der Waals surface area contributed by atoms with Gasteiger partial charge in [0, 0.05) is 5.92 Å². The Balaban J connectivity index is 1.47. The molecule has 1 nitrogen and oxygen atoms in total. The molecular weight excluding hydrogens is 268 g/mol. The minimum absolute atomic E-state index is 0.164. The molecule has 0 radical (unpaired) electrons. The van der Waals surface area contributed by atoms with Gasteiger partial charge in [-0.25, -0.2) is 0 Å². The summed E-state index contributed by atoms with van der Waals surface area (Å²) in [6.07, 6.45) is 23.1. The molecule has 4 saturated carbocycles. The van der Waals surface area contributed by atoms with E-state index in [1.165, 1.54) is 77.0 Å². The van der Waals surface area contributed by atoms with Gasteiger partial charge >= 0.3 is 0 Å². The molecule has 1 aliphatic heterocycles. The molecule has 0 aromatic heterocycles. The van der Waals surface area contributed by atoms with E-state index in [0.29, 0.717) is 6.10 Å². The summed E-state index contributed by atoms with van der Waals surface area (Å²) in [4.78, 5) is 0. The van der Waals surface area contributed by atoms with Crippen molar-refractivity contribution in [2.75, 3.05) is 0 Å². The van der Waals surface area contributed by atoms with Crippen LogP contribution < -0.4 is 0 Å². The van der Waals surface area contributed by atoms with Crippen molar-refractivity contribution in [3.63, 3.8) is 0 Å². The van der Waals surface area contributed by atoms with Crippen LogP contribution in [0.15, 0.2) is 12.2 Å². The van der Waals surface area contributed by atoms with Gasteiger partial charge in [-0.15, -0.1) is 0 Å². The molecule has 1 spiro atoms. The van der Waals surface area contributed by atoms with Crippen molar-refractivity contribution in [2.24, 2.45) is 29.6 Å². The Morgan fingerprint density at radius 1 is 0.727 bits per heavy atom. The third kappa shape index (κ3) is 2.00. The van der Waals surface area contributed by atoms with Gasteiger partial charge in [0.05, 0.1) is 11.7 Å². The largest absolute Gasteiger partial charge is 0.366 e. The van der Waals surface area contributed by atoms with Crippen molar-refractivity contribution in [1.82, 2.24) is 0 Å².